The van der Waals surface area contributed by atoms with Gasteiger partial charge < -0.3 is 21.1 Å². The normalized spacial score (nSPS) is 23.5. The molecule has 0 saturated heterocycles. The maximum absolute atomic E-state index is 10.8. The number of carbonyl (C=O) groups is 1. The summed E-state index contributed by atoms with van der Waals surface area (Å²) in [5, 5.41) is 35.2. The predicted octanol–water partition coefficient (Wildman–Crippen LogP) is -2.53. The van der Waals surface area contributed by atoms with Gasteiger partial charge in [-0.15, -0.1) is 5.10 Å². The first-order chi connectivity index (χ1) is 8.04. The highest BCUT2D eigenvalue weighted by Gasteiger charge is 2.31. The number of nitrogens with zero attached hydrogens (tertiary/aromatic N) is 3. The zero-order chi connectivity index (χ0) is 12.6. The molecule has 1 amide bonds. The molecule has 1 aromatic rings. The number of carbonyl (C=O) groups excluding carboxylic acids is 1. The van der Waals surface area contributed by atoms with Crippen molar-refractivity contribution in [2.24, 2.45) is 5.73 Å². The molecular formula is C9H10N4O4. The molecule has 90 valence electrons. The molecule has 0 bridgehead atoms. The summed E-state index contributed by atoms with van der Waals surface area (Å²) in [6.07, 6.45) is -1.31. The fourth-order valence-corrected chi connectivity index (χ4v) is 1.47. The molecule has 2 atom stereocenters. The van der Waals surface area contributed by atoms with Gasteiger partial charge in [-0.05, 0) is 0 Å². The lowest BCUT2D eigenvalue weighted by Crippen LogP contribution is -2.27. The van der Waals surface area contributed by atoms with Gasteiger partial charge in [-0.1, -0.05) is 10.9 Å². The molecule has 8 heteroatoms. The Balaban J connectivity index is 2.40. The highest BCUT2D eigenvalue weighted by atomic mass is 16.3. The number of aliphatic hydroxyl groups is 3. The third-order valence-electron chi connectivity index (χ3n) is 2.39. The summed E-state index contributed by atoms with van der Waals surface area (Å²) < 4.78 is 1.08. The van der Waals surface area contributed by atoms with Gasteiger partial charge in [0.05, 0.1) is 12.8 Å². The van der Waals surface area contributed by atoms with Gasteiger partial charge in [0.2, 0.25) is 0 Å². The van der Waals surface area contributed by atoms with Gasteiger partial charge in [-0.2, -0.15) is 0 Å². The molecule has 0 aliphatic heterocycles. The van der Waals surface area contributed by atoms with E-state index in [1.165, 1.54) is 6.20 Å². The van der Waals surface area contributed by atoms with Crippen LogP contribution in [-0.2, 0) is 0 Å². The summed E-state index contributed by atoms with van der Waals surface area (Å²) in [5.74, 6) is -0.753. The first-order valence-corrected chi connectivity index (χ1v) is 4.73. The third kappa shape index (κ3) is 1.85. The van der Waals surface area contributed by atoms with Crippen LogP contribution in [-0.4, -0.2) is 55.0 Å². The number of hydrogen-bond acceptors (Lipinski definition) is 6. The maximum atomic E-state index is 10.8. The number of aromatic nitrogens is 3. The molecule has 0 saturated carbocycles. The Morgan fingerprint density at radius 3 is 2.71 bits per heavy atom. The van der Waals surface area contributed by atoms with Crippen LogP contribution in [0.4, 0.5) is 0 Å². The van der Waals surface area contributed by atoms with E-state index in [1.54, 1.807) is 0 Å². The monoisotopic (exact) mass is 238 g/mol. The predicted molar refractivity (Wildman–Crippen MR) is 54.4 cm³/mol. The summed E-state index contributed by atoms with van der Waals surface area (Å²) in [5.41, 5.74) is 7.77. The molecule has 8 nitrogen and oxygen atoms in total. The van der Waals surface area contributed by atoms with Crippen LogP contribution >= 0.6 is 0 Å². The van der Waals surface area contributed by atoms with Crippen LogP contribution in [0.1, 0.15) is 10.5 Å². The lowest BCUT2D eigenvalue weighted by Gasteiger charge is -2.13. The Labute approximate surface area is 95.3 Å². The zero-order valence-electron chi connectivity index (χ0n) is 8.61. The van der Waals surface area contributed by atoms with Crippen molar-refractivity contribution in [1.29, 1.82) is 0 Å². The number of nitrogens with two attached hydrogens (primary N) is 1. The quantitative estimate of drug-likeness (QED) is 0.429. The van der Waals surface area contributed by atoms with Crippen LogP contribution in [0.2, 0.25) is 0 Å². The van der Waals surface area contributed by atoms with E-state index >= 15 is 0 Å². The average Bonchev–Trinajstić information content (AvgIpc) is 2.87. The lowest BCUT2D eigenvalue weighted by molar-refractivity contribution is 0.0734. The second-order valence-corrected chi connectivity index (χ2v) is 3.50. The Kier molecular flexibility index (Phi) is 2.78. The number of amides is 1. The van der Waals surface area contributed by atoms with Crippen molar-refractivity contribution in [3.8, 4) is 0 Å². The standard InChI is InChI=1S/C9H10N4O4/c10-9(17)5-2-13(12-11-5)6-1-4(3-14)7(15)8(6)16/h2,7-8,14-16H,3H2,(H2,10,17). The summed E-state index contributed by atoms with van der Waals surface area (Å²) in [6.45, 7) is -0.431. The average molecular weight is 238 g/mol. The second kappa shape index (κ2) is 4.11. The smallest absolute Gasteiger partial charge is 0.270 e. The molecular weight excluding hydrogens is 228 g/mol. The van der Waals surface area contributed by atoms with Gasteiger partial charge in [-0.3, -0.25) is 4.79 Å². The number of aliphatic hydroxyl groups excluding tert-OH is 3. The Morgan fingerprint density at radius 2 is 2.24 bits per heavy atom. The molecule has 0 aromatic carbocycles. The molecule has 2 unspecified atom stereocenters. The van der Waals surface area contributed by atoms with Crippen molar-refractivity contribution in [3.63, 3.8) is 0 Å². The highest BCUT2D eigenvalue weighted by Crippen LogP contribution is 2.22. The SMILES string of the molecule is NC(=O)c1cn(C2=C=C(CO)C(O)C2O)nn1. The van der Waals surface area contributed by atoms with Crippen molar-refractivity contribution in [2.75, 3.05) is 6.61 Å². The van der Waals surface area contributed by atoms with Crippen molar-refractivity contribution < 1.29 is 20.1 Å². The van der Waals surface area contributed by atoms with Crippen LogP contribution in [0, 0.1) is 0 Å². The number of hydrogen-bond donors (Lipinski definition) is 4. The van der Waals surface area contributed by atoms with Gasteiger partial charge in [-0.25, -0.2) is 4.68 Å². The summed E-state index contributed by atoms with van der Waals surface area (Å²) in [7, 11) is 0. The molecule has 17 heavy (non-hydrogen) atoms. The van der Waals surface area contributed by atoms with Crippen molar-refractivity contribution in [3.05, 3.63) is 23.2 Å². The Hall–Kier alpha value is -1.99. The van der Waals surface area contributed by atoms with E-state index < -0.39 is 24.7 Å². The van der Waals surface area contributed by atoms with E-state index in [0.29, 0.717) is 0 Å². The molecule has 2 rings (SSSR count). The van der Waals surface area contributed by atoms with Crippen LogP contribution in [0.3, 0.4) is 0 Å². The highest BCUT2D eigenvalue weighted by molar-refractivity contribution is 5.90. The van der Waals surface area contributed by atoms with E-state index in [1.807, 2.05) is 0 Å². The van der Waals surface area contributed by atoms with Gasteiger partial charge >= 0.3 is 0 Å². The van der Waals surface area contributed by atoms with E-state index in [4.69, 9.17) is 10.8 Å². The molecule has 1 heterocycles. The Bertz CT molecular complexity index is 529. The van der Waals surface area contributed by atoms with Crippen LogP contribution in [0.5, 0.6) is 0 Å². The molecule has 1 aliphatic carbocycles. The van der Waals surface area contributed by atoms with E-state index in [9.17, 15) is 15.0 Å². The van der Waals surface area contributed by atoms with E-state index in [0.717, 1.165) is 4.68 Å². The first-order valence-electron chi connectivity index (χ1n) is 4.73. The molecule has 1 aliphatic rings. The van der Waals surface area contributed by atoms with E-state index in [-0.39, 0.29) is 17.0 Å². The fourth-order valence-electron chi connectivity index (χ4n) is 1.47. The summed E-state index contributed by atoms with van der Waals surface area (Å²) in [4.78, 5) is 10.8. The summed E-state index contributed by atoms with van der Waals surface area (Å²) >= 11 is 0. The Morgan fingerprint density at radius 1 is 1.53 bits per heavy atom. The minimum atomic E-state index is -1.28. The third-order valence-corrected chi connectivity index (χ3v) is 2.39. The molecule has 5 N–H and O–H groups in total. The fraction of sp³-hybridized carbons (Fsp3) is 0.333. The van der Waals surface area contributed by atoms with Gasteiger partial charge in [0.25, 0.3) is 5.91 Å². The first kappa shape index (κ1) is 11.5. The van der Waals surface area contributed by atoms with Crippen molar-refractivity contribution in [1.82, 2.24) is 15.0 Å². The minimum Gasteiger partial charge on any atom is -0.391 e. The second-order valence-electron chi connectivity index (χ2n) is 3.50. The maximum Gasteiger partial charge on any atom is 0.270 e. The van der Waals surface area contributed by atoms with E-state index in [2.05, 4.69) is 16.0 Å². The van der Waals surface area contributed by atoms with Gasteiger partial charge in [0, 0.05) is 5.57 Å². The van der Waals surface area contributed by atoms with Crippen LogP contribution in [0.25, 0.3) is 5.70 Å². The van der Waals surface area contributed by atoms with Crippen LogP contribution in [0.15, 0.2) is 17.5 Å². The van der Waals surface area contributed by atoms with Gasteiger partial charge in [0.1, 0.15) is 17.9 Å². The topological polar surface area (TPSA) is 134 Å². The minimum absolute atomic E-state index is 0.0709. The summed E-state index contributed by atoms with van der Waals surface area (Å²) in [6, 6.07) is 0. The molecule has 1 aromatic heterocycles. The number of rotatable bonds is 3. The number of primary amides is 1. The molecule has 0 spiro atoms. The van der Waals surface area contributed by atoms with Crippen LogP contribution < -0.4 is 5.73 Å². The zero-order valence-corrected chi connectivity index (χ0v) is 8.61. The van der Waals surface area contributed by atoms with Gasteiger partial charge in [0.15, 0.2) is 5.69 Å². The molecule has 0 radical (unpaired) electrons. The van der Waals surface area contributed by atoms with Crippen molar-refractivity contribution >= 4 is 11.6 Å². The van der Waals surface area contributed by atoms with Crippen molar-refractivity contribution in [2.45, 2.75) is 12.2 Å². The largest absolute Gasteiger partial charge is 0.391 e. The molecule has 0 fully saturated rings. The lowest BCUT2D eigenvalue weighted by atomic mass is 10.1.